The third kappa shape index (κ3) is 1.57. The summed E-state index contributed by atoms with van der Waals surface area (Å²) >= 11 is 3.26. The summed E-state index contributed by atoms with van der Waals surface area (Å²) in [7, 11) is 0. The molecule has 0 heterocycles. The number of carboxylic acids is 1. The predicted octanol–water partition coefficient (Wildman–Crippen LogP) is 3.01. The van der Waals surface area contributed by atoms with E-state index in [0.29, 0.717) is 24.0 Å². The average molecular weight is 273 g/mol. The first-order valence-electron chi connectivity index (χ1n) is 4.67. The number of benzene rings is 1. The first kappa shape index (κ1) is 10.6. The summed E-state index contributed by atoms with van der Waals surface area (Å²) in [4.78, 5) is 11.1. The fourth-order valence-corrected chi connectivity index (χ4v) is 2.37. The van der Waals surface area contributed by atoms with E-state index in [0.717, 1.165) is 4.47 Å². The molecular formula is C11H10BrFO2. The lowest BCUT2D eigenvalue weighted by Crippen LogP contribution is -2.21. The maximum absolute atomic E-state index is 13.8. The van der Waals surface area contributed by atoms with Gasteiger partial charge in [-0.05, 0) is 37.5 Å². The molecule has 2 nitrogen and oxygen atoms in total. The quantitative estimate of drug-likeness (QED) is 0.899. The van der Waals surface area contributed by atoms with Crippen molar-refractivity contribution < 1.29 is 14.3 Å². The number of aryl methyl sites for hydroxylation is 1. The Balaban J connectivity index is 2.58. The van der Waals surface area contributed by atoms with Crippen molar-refractivity contribution in [1.82, 2.24) is 0 Å². The molecule has 1 aromatic carbocycles. The second-order valence-corrected chi connectivity index (χ2v) is 4.89. The highest BCUT2D eigenvalue weighted by Gasteiger charge is 2.53. The van der Waals surface area contributed by atoms with Crippen LogP contribution in [0.3, 0.4) is 0 Å². The van der Waals surface area contributed by atoms with Crippen molar-refractivity contribution in [2.45, 2.75) is 25.2 Å². The lowest BCUT2D eigenvalue weighted by atomic mass is 9.94. The third-order valence-electron chi connectivity index (χ3n) is 2.89. The van der Waals surface area contributed by atoms with Gasteiger partial charge in [-0.2, -0.15) is 0 Å². The molecule has 4 heteroatoms. The summed E-state index contributed by atoms with van der Waals surface area (Å²) in [6.45, 7) is 1.64. The van der Waals surface area contributed by atoms with Gasteiger partial charge < -0.3 is 5.11 Å². The van der Waals surface area contributed by atoms with Gasteiger partial charge in [0, 0.05) is 10.0 Å². The van der Waals surface area contributed by atoms with Gasteiger partial charge in [-0.3, -0.25) is 4.79 Å². The Bertz CT molecular complexity index is 438. The number of carboxylic acid groups (broad SMARTS) is 1. The van der Waals surface area contributed by atoms with Crippen LogP contribution in [0.15, 0.2) is 16.6 Å². The molecule has 0 atom stereocenters. The molecule has 1 aromatic rings. The van der Waals surface area contributed by atoms with Crippen LogP contribution in [0.5, 0.6) is 0 Å². The minimum atomic E-state index is -0.974. The van der Waals surface area contributed by atoms with E-state index in [-0.39, 0.29) is 0 Å². The van der Waals surface area contributed by atoms with Gasteiger partial charge in [-0.1, -0.05) is 15.9 Å². The van der Waals surface area contributed by atoms with Gasteiger partial charge in [0.15, 0.2) is 0 Å². The van der Waals surface area contributed by atoms with Gasteiger partial charge in [0.25, 0.3) is 0 Å². The van der Waals surface area contributed by atoms with Crippen molar-refractivity contribution in [1.29, 1.82) is 0 Å². The molecule has 1 fully saturated rings. The number of hydrogen-bond acceptors (Lipinski definition) is 1. The van der Waals surface area contributed by atoms with Crippen LogP contribution in [0, 0.1) is 12.7 Å². The topological polar surface area (TPSA) is 37.3 Å². The Labute approximate surface area is 95.2 Å². The van der Waals surface area contributed by atoms with Crippen molar-refractivity contribution >= 4 is 21.9 Å². The first-order chi connectivity index (χ1) is 6.97. The van der Waals surface area contributed by atoms with E-state index in [4.69, 9.17) is 5.11 Å². The van der Waals surface area contributed by atoms with E-state index >= 15 is 0 Å². The first-order valence-corrected chi connectivity index (χ1v) is 5.46. The Hall–Kier alpha value is -0.900. The smallest absolute Gasteiger partial charge is 0.314 e. The van der Waals surface area contributed by atoms with E-state index in [9.17, 15) is 9.18 Å². The lowest BCUT2D eigenvalue weighted by Gasteiger charge is -2.13. The summed E-state index contributed by atoms with van der Waals surface area (Å²) in [5.41, 5.74) is -0.188. The zero-order chi connectivity index (χ0) is 11.2. The van der Waals surface area contributed by atoms with Gasteiger partial charge in [0.05, 0.1) is 5.41 Å². The van der Waals surface area contributed by atoms with Crippen molar-refractivity contribution in [2.75, 3.05) is 0 Å². The molecule has 0 radical (unpaired) electrons. The van der Waals surface area contributed by atoms with Crippen LogP contribution in [0.4, 0.5) is 4.39 Å². The zero-order valence-electron chi connectivity index (χ0n) is 8.18. The molecule has 0 saturated heterocycles. The van der Waals surface area contributed by atoms with Gasteiger partial charge in [0.1, 0.15) is 5.82 Å². The second-order valence-electron chi connectivity index (χ2n) is 3.97. The summed E-state index contributed by atoms with van der Waals surface area (Å²) in [5, 5.41) is 9.08. The number of rotatable bonds is 2. The molecule has 1 N–H and O–H groups in total. The molecule has 1 aliphatic carbocycles. The average Bonchev–Trinajstić information content (AvgIpc) is 2.91. The molecule has 80 valence electrons. The Morgan fingerprint density at radius 2 is 2.13 bits per heavy atom. The lowest BCUT2D eigenvalue weighted by molar-refractivity contribution is -0.140. The van der Waals surface area contributed by atoms with Crippen LogP contribution in [0.2, 0.25) is 0 Å². The van der Waals surface area contributed by atoms with E-state index in [2.05, 4.69) is 15.9 Å². The zero-order valence-corrected chi connectivity index (χ0v) is 9.77. The second kappa shape index (κ2) is 3.30. The van der Waals surface area contributed by atoms with Crippen molar-refractivity contribution in [3.8, 4) is 0 Å². The van der Waals surface area contributed by atoms with Crippen LogP contribution >= 0.6 is 15.9 Å². The maximum Gasteiger partial charge on any atom is 0.314 e. The molecule has 1 saturated carbocycles. The fourth-order valence-electron chi connectivity index (χ4n) is 1.80. The fraction of sp³-hybridized carbons (Fsp3) is 0.364. The van der Waals surface area contributed by atoms with Crippen molar-refractivity contribution in [3.63, 3.8) is 0 Å². The summed E-state index contributed by atoms with van der Waals surface area (Å²) in [5.74, 6) is -1.32. The normalized spacial score (nSPS) is 17.5. The minimum absolute atomic E-state index is 0.307. The van der Waals surface area contributed by atoms with Gasteiger partial charge >= 0.3 is 5.97 Å². The van der Waals surface area contributed by atoms with Crippen LogP contribution in [0.1, 0.15) is 24.0 Å². The molecule has 2 rings (SSSR count). The van der Waals surface area contributed by atoms with Crippen LogP contribution in [-0.4, -0.2) is 11.1 Å². The van der Waals surface area contributed by atoms with Crippen LogP contribution < -0.4 is 0 Å². The van der Waals surface area contributed by atoms with E-state index in [1.807, 2.05) is 0 Å². The van der Waals surface area contributed by atoms with Crippen molar-refractivity contribution in [2.24, 2.45) is 0 Å². The van der Waals surface area contributed by atoms with Crippen molar-refractivity contribution in [3.05, 3.63) is 33.5 Å². The van der Waals surface area contributed by atoms with Gasteiger partial charge in [-0.25, -0.2) is 4.39 Å². The molecule has 0 aliphatic heterocycles. The van der Waals surface area contributed by atoms with Gasteiger partial charge in [0.2, 0.25) is 0 Å². The van der Waals surface area contributed by atoms with E-state index in [1.54, 1.807) is 19.1 Å². The Morgan fingerprint density at radius 1 is 1.53 bits per heavy atom. The molecule has 15 heavy (non-hydrogen) atoms. The molecule has 0 amide bonds. The Kier molecular flexibility index (Phi) is 2.34. The number of aliphatic carboxylic acids is 1. The number of hydrogen-bond donors (Lipinski definition) is 1. The molecular weight excluding hydrogens is 263 g/mol. The monoisotopic (exact) mass is 272 g/mol. The SMILES string of the molecule is Cc1cc(Br)cc(C2(C(=O)O)CC2)c1F. The standard InChI is InChI=1S/C11H10BrFO2/c1-6-4-7(12)5-8(9(6)13)11(2-3-11)10(14)15/h4-5H,2-3H2,1H3,(H,14,15). The summed E-state index contributed by atoms with van der Waals surface area (Å²) in [6.07, 6.45) is 1.05. The number of halogens is 2. The molecule has 0 spiro atoms. The van der Waals surface area contributed by atoms with Crippen LogP contribution in [0.25, 0.3) is 0 Å². The highest BCUT2D eigenvalue weighted by atomic mass is 79.9. The Morgan fingerprint density at radius 3 is 2.60 bits per heavy atom. The van der Waals surface area contributed by atoms with Crippen LogP contribution in [-0.2, 0) is 10.2 Å². The minimum Gasteiger partial charge on any atom is -0.481 e. The molecule has 0 unspecified atom stereocenters. The summed E-state index contributed by atoms with van der Waals surface area (Å²) < 4.78 is 14.5. The molecule has 0 aromatic heterocycles. The van der Waals surface area contributed by atoms with Gasteiger partial charge in [-0.15, -0.1) is 0 Å². The highest BCUT2D eigenvalue weighted by molar-refractivity contribution is 9.10. The highest BCUT2D eigenvalue weighted by Crippen LogP contribution is 2.50. The summed E-state index contributed by atoms with van der Waals surface area (Å²) in [6, 6.07) is 3.22. The molecule has 0 bridgehead atoms. The van der Waals surface area contributed by atoms with E-state index in [1.165, 1.54) is 0 Å². The number of carbonyl (C=O) groups is 1. The maximum atomic E-state index is 13.8. The van der Waals surface area contributed by atoms with E-state index < -0.39 is 17.2 Å². The largest absolute Gasteiger partial charge is 0.481 e. The molecule has 1 aliphatic rings. The third-order valence-corrected chi connectivity index (χ3v) is 3.35. The predicted molar refractivity (Wildman–Crippen MR) is 57.4 cm³/mol.